The van der Waals surface area contributed by atoms with Gasteiger partial charge in [-0.05, 0) is 45.2 Å². The van der Waals surface area contributed by atoms with Crippen LogP contribution in [-0.2, 0) is 12.8 Å². The second-order valence-electron chi connectivity index (χ2n) is 6.77. The topological polar surface area (TPSA) is 48.5 Å². The first-order valence-corrected chi connectivity index (χ1v) is 9.65. The van der Waals surface area contributed by atoms with Gasteiger partial charge in [-0.3, -0.25) is 0 Å². The number of aromatic nitrogens is 1. The molecule has 3 heterocycles. The number of rotatable bonds is 4. The number of thiazole rings is 1. The van der Waals surface area contributed by atoms with Gasteiger partial charge in [-0.1, -0.05) is 6.92 Å². The average Bonchev–Trinajstić information content (AvgIpc) is 3.02. The average molecular weight is 337 g/mol. The number of amides is 2. The summed E-state index contributed by atoms with van der Waals surface area (Å²) in [7, 11) is 2.19. The third-order valence-electron chi connectivity index (χ3n) is 5.10. The Balaban J connectivity index is 1.49. The van der Waals surface area contributed by atoms with Gasteiger partial charge in [0.2, 0.25) is 0 Å². The highest BCUT2D eigenvalue weighted by Gasteiger charge is 2.37. The van der Waals surface area contributed by atoms with Crippen LogP contribution in [0, 0.1) is 5.92 Å². The van der Waals surface area contributed by atoms with Gasteiger partial charge < -0.3 is 15.1 Å². The fourth-order valence-electron chi connectivity index (χ4n) is 3.84. The molecule has 0 spiro atoms. The van der Waals surface area contributed by atoms with E-state index in [-0.39, 0.29) is 6.03 Å². The summed E-state index contributed by atoms with van der Waals surface area (Å²) >= 11 is 1.76. The van der Waals surface area contributed by atoms with Crippen LogP contribution < -0.4 is 5.32 Å². The number of nitrogens with zero attached hydrogens (tertiary/aromatic N) is 3. The highest BCUT2D eigenvalue weighted by molar-refractivity contribution is 7.11. The second-order valence-corrected chi connectivity index (χ2v) is 7.97. The van der Waals surface area contributed by atoms with Crippen molar-refractivity contribution < 1.29 is 4.79 Å². The highest BCUT2D eigenvalue weighted by Crippen LogP contribution is 2.30. The number of nitrogens with one attached hydrogen (secondary N) is 1. The molecule has 6 heteroatoms. The van der Waals surface area contributed by atoms with Gasteiger partial charge in [0.1, 0.15) is 0 Å². The van der Waals surface area contributed by atoms with E-state index in [2.05, 4.69) is 34.1 Å². The van der Waals surface area contributed by atoms with Crippen molar-refractivity contribution in [2.24, 2.45) is 5.92 Å². The Bertz CT molecular complexity index is 532. The number of piperidine rings is 2. The number of hydrogen-bond acceptors (Lipinski definition) is 4. The van der Waals surface area contributed by atoms with Crippen molar-refractivity contribution in [1.29, 1.82) is 0 Å². The molecule has 2 atom stereocenters. The molecule has 0 saturated carbocycles. The van der Waals surface area contributed by atoms with E-state index in [1.54, 1.807) is 11.3 Å². The molecule has 2 aliphatic rings. The van der Waals surface area contributed by atoms with Crippen molar-refractivity contribution in [3.8, 4) is 0 Å². The number of urea groups is 1. The summed E-state index contributed by atoms with van der Waals surface area (Å²) in [6, 6.07) is 0.558. The summed E-state index contributed by atoms with van der Waals surface area (Å²) in [5, 5.41) is 4.24. The number of hydrogen-bond donors (Lipinski definition) is 1. The largest absolute Gasteiger partial charge is 0.338 e. The van der Waals surface area contributed by atoms with E-state index in [9.17, 15) is 4.79 Å². The Morgan fingerprint density at radius 2 is 2.30 bits per heavy atom. The van der Waals surface area contributed by atoms with E-state index in [4.69, 9.17) is 0 Å². The molecule has 1 aromatic rings. The summed E-state index contributed by atoms with van der Waals surface area (Å²) in [5.74, 6) is 0.652. The van der Waals surface area contributed by atoms with Gasteiger partial charge in [-0.2, -0.15) is 0 Å². The maximum atomic E-state index is 12.6. The van der Waals surface area contributed by atoms with Crippen LogP contribution in [0.1, 0.15) is 36.1 Å². The Hall–Kier alpha value is -1.14. The maximum Gasteiger partial charge on any atom is 0.317 e. The first-order valence-electron chi connectivity index (χ1n) is 8.84. The number of likely N-dealkylation sites (tertiary alicyclic amines) is 2. The first-order chi connectivity index (χ1) is 11.2. The third-order valence-corrected chi connectivity index (χ3v) is 6.30. The van der Waals surface area contributed by atoms with E-state index in [1.165, 1.54) is 11.3 Å². The van der Waals surface area contributed by atoms with Crippen LogP contribution in [-0.4, -0.2) is 60.1 Å². The lowest BCUT2D eigenvalue weighted by Gasteiger charge is -2.46. The molecule has 5 nitrogen and oxygen atoms in total. The Labute approximate surface area is 143 Å². The van der Waals surface area contributed by atoms with Gasteiger partial charge >= 0.3 is 6.03 Å². The quantitative estimate of drug-likeness (QED) is 0.918. The van der Waals surface area contributed by atoms with Gasteiger partial charge in [0.05, 0.1) is 5.01 Å². The molecule has 3 rings (SSSR count). The fourth-order valence-corrected chi connectivity index (χ4v) is 4.70. The van der Waals surface area contributed by atoms with Crippen molar-refractivity contribution in [3.63, 3.8) is 0 Å². The normalized spacial score (nSPS) is 25.2. The molecule has 2 aliphatic heterocycles. The Morgan fingerprint density at radius 1 is 1.43 bits per heavy atom. The van der Waals surface area contributed by atoms with Crippen LogP contribution >= 0.6 is 11.3 Å². The van der Waals surface area contributed by atoms with Crippen LogP contribution in [0.25, 0.3) is 0 Å². The van der Waals surface area contributed by atoms with Gasteiger partial charge in [0, 0.05) is 43.2 Å². The molecular formula is C17H28N4OS. The van der Waals surface area contributed by atoms with Crippen LogP contribution in [0.4, 0.5) is 4.79 Å². The summed E-state index contributed by atoms with van der Waals surface area (Å²) in [5.41, 5.74) is 0. The molecule has 0 aliphatic carbocycles. The van der Waals surface area contributed by atoms with Crippen LogP contribution in [0.2, 0.25) is 0 Å². The van der Waals surface area contributed by atoms with Crippen molar-refractivity contribution in [1.82, 2.24) is 20.1 Å². The van der Waals surface area contributed by atoms with Gasteiger partial charge in [-0.25, -0.2) is 9.78 Å². The maximum absolute atomic E-state index is 12.6. The zero-order valence-electron chi connectivity index (χ0n) is 14.3. The van der Waals surface area contributed by atoms with E-state index < -0.39 is 0 Å². The van der Waals surface area contributed by atoms with Crippen molar-refractivity contribution in [2.75, 3.05) is 33.2 Å². The van der Waals surface area contributed by atoms with Gasteiger partial charge in [0.25, 0.3) is 0 Å². The summed E-state index contributed by atoms with van der Waals surface area (Å²) < 4.78 is 0. The highest BCUT2D eigenvalue weighted by atomic mass is 32.1. The molecule has 1 N–H and O–H groups in total. The minimum atomic E-state index is 0.122. The van der Waals surface area contributed by atoms with Gasteiger partial charge in [-0.15, -0.1) is 11.3 Å². The Morgan fingerprint density at radius 3 is 3.09 bits per heavy atom. The molecule has 2 saturated heterocycles. The minimum absolute atomic E-state index is 0.122. The second kappa shape index (κ2) is 7.62. The minimum Gasteiger partial charge on any atom is -0.338 e. The lowest BCUT2D eigenvalue weighted by Crippen LogP contribution is -2.57. The van der Waals surface area contributed by atoms with Crippen molar-refractivity contribution in [2.45, 2.75) is 45.1 Å². The molecule has 0 unspecified atom stereocenters. The monoisotopic (exact) mass is 336 g/mol. The lowest BCUT2D eigenvalue weighted by molar-refractivity contribution is 0.0534. The lowest BCUT2D eigenvalue weighted by atomic mass is 9.84. The number of aryl methyl sites for hydroxylation is 1. The van der Waals surface area contributed by atoms with E-state index in [0.29, 0.717) is 18.5 Å². The smallest absolute Gasteiger partial charge is 0.317 e. The molecule has 2 fully saturated rings. The predicted molar refractivity (Wildman–Crippen MR) is 93.9 cm³/mol. The molecular weight excluding hydrogens is 308 g/mol. The summed E-state index contributed by atoms with van der Waals surface area (Å²) in [6.07, 6.45) is 7.33. The zero-order valence-corrected chi connectivity index (χ0v) is 15.1. The van der Waals surface area contributed by atoms with E-state index >= 15 is 0 Å². The third kappa shape index (κ3) is 4.04. The van der Waals surface area contributed by atoms with E-state index in [1.807, 2.05) is 6.20 Å². The summed E-state index contributed by atoms with van der Waals surface area (Å²) in [6.45, 7) is 5.97. The first kappa shape index (κ1) is 16.7. The number of carbonyl (C=O) groups excluding carboxylic acids is 1. The number of carbonyl (C=O) groups is 1. The molecule has 23 heavy (non-hydrogen) atoms. The molecule has 0 aromatic carbocycles. The van der Waals surface area contributed by atoms with Crippen molar-refractivity contribution >= 4 is 17.4 Å². The Kier molecular flexibility index (Phi) is 5.54. The van der Waals surface area contributed by atoms with Gasteiger partial charge in [0.15, 0.2) is 0 Å². The fraction of sp³-hybridized carbons (Fsp3) is 0.765. The van der Waals surface area contributed by atoms with Crippen LogP contribution in [0.3, 0.4) is 0 Å². The molecule has 2 amide bonds. The standard InChI is InChI=1S/C17H28N4OS/c1-3-14-11-19-16(23-14)6-8-18-17(22)21-9-4-5-13-12-20(2)10-7-15(13)21/h11,13,15H,3-10,12H2,1-2H3,(H,18,22)/t13-,15-/m0/s1. The number of fused-ring (bicyclic) bond motifs is 1. The molecule has 1 aromatic heterocycles. The predicted octanol–water partition coefficient (Wildman–Crippen LogP) is 2.37. The van der Waals surface area contributed by atoms with Crippen LogP contribution in [0.15, 0.2) is 6.20 Å². The van der Waals surface area contributed by atoms with Crippen molar-refractivity contribution in [3.05, 3.63) is 16.1 Å². The zero-order chi connectivity index (χ0) is 16.2. The van der Waals surface area contributed by atoms with Crippen LogP contribution in [0.5, 0.6) is 0 Å². The molecule has 0 bridgehead atoms. The van der Waals surface area contributed by atoms with E-state index in [0.717, 1.165) is 50.3 Å². The summed E-state index contributed by atoms with van der Waals surface area (Å²) in [4.78, 5) is 22.8. The SMILES string of the molecule is CCc1cnc(CCNC(=O)N2CCC[C@H]3CN(C)CC[C@@H]32)s1. The molecule has 0 radical (unpaired) electrons. The molecule has 128 valence electrons.